The Kier molecular flexibility index (Phi) is 5.45. The quantitative estimate of drug-likeness (QED) is 0.624. The molecule has 1 heterocycles. The summed E-state index contributed by atoms with van der Waals surface area (Å²) in [5.41, 5.74) is 0. The summed E-state index contributed by atoms with van der Waals surface area (Å²) in [6.45, 7) is 0.657. The molecule has 1 aliphatic carbocycles. The summed E-state index contributed by atoms with van der Waals surface area (Å²) in [4.78, 5) is 15.8. The maximum absolute atomic E-state index is 11.4. The monoisotopic (exact) mass is 303 g/mol. The number of hydrogen-bond acceptors (Lipinski definition) is 5. The van der Waals surface area contributed by atoms with E-state index in [0.717, 1.165) is 11.3 Å². The molecule has 2 rings (SSSR count). The summed E-state index contributed by atoms with van der Waals surface area (Å²) in [6.07, 6.45) is 7.63. The van der Waals surface area contributed by atoms with Crippen molar-refractivity contribution in [3.05, 3.63) is 10.0 Å². The van der Waals surface area contributed by atoms with E-state index in [-0.39, 0.29) is 5.15 Å². The van der Waals surface area contributed by atoms with Crippen molar-refractivity contribution in [3.63, 3.8) is 0 Å². The fourth-order valence-corrected chi connectivity index (χ4v) is 3.34. The third-order valence-corrected chi connectivity index (χ3v) is 4.69. The van der Waals surface area contributed by atoms with Gasteiger partial charge in [0, 0.05) is 0 Å². The normalized spacial score (nSPS) is 16.9. The minimum atomic E-state index is -0.466. The first-order valence-corrected chi connectivity index (χ1v) is 7.77. The zero-order valence-electron chi connectivity index (χ0n) is 11.0. The van der Waals surface area contributed by atoms with Crippen molar-refractivity contribution in [2.24, 2.45) is 5.92 Å². The van der Waals surface area contributed by atoms with Crippen LogP contribution in [0.1, 0.15) is 48.2 Å². The van der Waals surface area contributed by atoms with Crippen LogP contribution in [0, 0.1) is 5.92 Å². The summed E-state index contributed by atoms with van der Waals surface area (Å²) in [7, 11) is 1.32. The Balaban J connectivity index is 1.90. The molecule has 0 saturated heterocycles. The molecule has 19 heavy (non-hydrogen) atoms. The predicted octanol–water partition coefficient (Wildman–Crippen LogP) is 3.93. The molecule has 0 unspecified atom stereocenters. The second kappa shape index (κ2) is 7.10. The molecule has 106 valence electrons. The molecule has 4 nitrogen and oxygen atoms in total. The van der Waals surface area contributed by atoms with E-state index >= 15 is 0 Å². The van der Waals surface area contributed by atoms with Crippen LogP contribution in [-0.2, 0) is 4.74 Å². The Morgan fingerprint density at radius 2 is 2.05 bits per heavy atom. The molecule has 0 radical (unpaired) electrons. The molecular formula is C13H18ClNO3S. The molecule has 1 fully saturated rings. The fourth-order valence-electron chi connectivity index (χ4n) is 2.28. The number of esters is 1. The lowest BCUT2D eigenvalue weighted by molar-refractivity contribution is 0.0606. The second-order valence-electron chi connectivity index (χ2n) is 4.76. The summed E-state index contributed by atoms with van der Waals surface area (Å²) < 4.78 is 10.3. The Bertz CT molecular complexity index is 428. The van der Waals surface area contributed by atoms with E-state index in [1.54, 1.807) is 0 Å². The van der Waals surface area contributed by atoms with E-state index < -0.39 is 5.97 Å². The number of carbonyl (C=O) groups excluding carboxylic acids is 1. The van der Waals surface area contributed by atoms with Crippen LogP contribution in [0.5, 0.6) is 5.19 Å². The fraction of sp³-hybridized carbons (Fsp3) is 0.692. The zero-order valence-corrected chi connectivity index (χ0v) is 12.6. The van der Waals surface area contributed by atoms with Gasteiger partial charge < -0.3 is 9.47 Å². The molecule has 0 amide bonds. The first kappa shape index (κ1) is 14.6. The molecule has 0 aromatic carbocycles. The number of methoxy groups -OCH3 is 1. The second-order valence-corrected chi connectivity index (χ2v) is 6.08. The number of aromatic nitrogens is 1. The van der Waals surface area contributed by atoms with Crippen molar-refractivity contribution >= 4 is 28.9 Å². The molecule has 0 spiro atoms. The van der Waals surface area contributed by atoms with Crippen molar-refractivity contribution in [1.82, 2.24) is 4.98 Å². The summed E-state index contributed by atoms with van der Waals surface area (Å²) in [5.74, 6) is 0.124. The van der Waals surface area contributed by atoms with Gasteiger partial charge in [-0.05, 0) is 18.8 Å². The lowest BCUT2D eigenvalue weighted by Crippen LogP contribution is -2.11. The van der Waals surface area contributed by atoms with E-state index in [2.05, 4.69) is 9.72 Å². The molecule has 6 heteroatoms. The average molecular weight is 304 g/mol. The molecule has 0 bridgehead atoms. The maximum Gasteiger partial charge on any atom is 0.351 e. The first-order chi connectivity index (χ1) is 9.20. The van der Waals surface area contributed by atoms with E-state index in [9.17, 15) is 4.79 Å². The third kappa shape index (κ3) is 4.08. The highest BCUT2D eigenvalue weighted by Gasteiger charge is 2.19. The van der Waals surface area contributed by atoms with Gasteiger partial charge in [0.2, 0.25) is 0 Å². The van der Waals surface area contributed by atoms with Crippen molar-refractivity contribution in [1.29, 1.82) is 0 Å². The van der Waals surface area contributed by atoms with Gasteiger partial charge in [0.05, 0.1) is 13.7 Å². The van der Waals surface area contributed by atoms with Crippen LogP contribution >= 0.6 is 22.9 Å². The molecule has 0 N–H and O–H groups in total. The van der Waals surface area contributed by atoms with Gasteiger partial charge in [-0.15, -0.1) is 0 Å². The van der Waals surface area contributed by atoms with Gasteiger partial charge in [-0.1, -0.05) is 48.6 Å². The van der Waals surface area contributed by atoms with Gasteiger partial charge in [-0.3, -0.25) is 0 Å². The molecule has 1 aromatic heterocycles. The van der Waals surface area contributed by atoms with Gasteiger partial charge >= 0.3 is 5.97 Å². The number of thiazole rings is 1. The SMILES string of the molecule is COC(=O)c1sc(OCC2CCCCCC2)nc1Cl. The molecule has 1 saturated carbocycles. The van der Waals surface area contributed by atoms with Crippen molar-refractivity contribution in [2.75, 3.05) is 13.7 Å². The van der Waals surface area contributed by atoms with Crippen LogP contribution in [0.4, 0.5) is 0 Å². The van der Waals surface area contributed by atoms with Gasteiger partial charge in [-0.2, -0.15) is 4.98 Å². The Morgan fingerprint density at radius 3 is 2.68 bits per heavy atom. The lowest BCUT2D eigenvalue weighted by atomic mass is 10.0. The molecule has 1 aromatic rings. The summed E-state index contributed by atoms with van der Waals surface area (Å²) in [6, 6.07) is 0. The van der Waals surface area contributed by atoms with Gasteiger partial charge in [0.15, 0.2) is 10.0 Å². The van der Waals surface area contributed by atoms with Crippen molar-refractivity contribution < 1.29 is 14.3 Å². The third-order valence-electron chi connectivity index (χ3n) is 3.35. The van der Waals surface area contributed by atoms with Gasteiger partial charge in [-0.25, -0.2) is 4.79 Å². The number of hydrogen-bond donors (Lipinski definition) is 0. The van der Waals surface area contributed by atoms with Gasteiger partial charge in [0.1, 0.15) is 0 Å². The highest BCUT2D eigenvalue weighted by atomic mass is 35.5. The minimum absolute atomic E-state index is 0.160. The summed E-state index contributed by atoms with van der Waals surface area (Å²) >= 11 is 7.03. The maximum atomic E-state index is 11.4. The van der Waals surface area contributed by atoms with Crippen LogP contribution in [0.3, 0.4) is 0 Å². The smallest absolute Gasteiger partial charge is 0.351 e. The highest BCUT2D eigenvalue weighted by Crippen LogP contribution is 2.30. The predicted molar refractivity (Wildman–Crippen MR) is 75.2 cm³/mol. The zero-order chi connectivity index (χ0) is 13.7. The Morgan fingerprint density at radius 1 is 1.37 bits per heavy atom. The standard InChI is InChI=1S/C13H18ClNO3S/c1-17-12(16)10-11(14)15-13(19-10)18-8-9-6-4-2-3-5-7-9/h9H,2-8H2,1H3. The average Bonchev–Trinajstić information content (AvgIpc) is 2.64. The van der Waals surface area contributed by atoms with Crippen molar-refractivity contribution in [3.8, 4) is 5.19 Å². The molecular weight excluding hydrogens is 286 g/mol. The topological polar surface area (TPSA) is 48.4 Å². The van der Waals surface area contributed by atoms with Crippen LogP contribution in [-0.4, -0.2) is 24.7 Å². The largest absolute Gasteiger partial charge is 0.470 e. The number of halogens is 1. The van der Waals surface area contributed by atoms with E-state index in [1.165, 1.54) is 45.6 Å². The Hall–Kier alpha value is -0.810. The van der Waals surface area contributed by atoms with E-state index in [1.807, 2.05) is 0 Å². The van der Waals surface area contributed by atoms with E-state index in [0.29, 0.717) is 22.6 Å². The number of rotatable bonds is 4. The Labute approximate surface area is 122 Å². The molecule has 0 aliphatic heterocycles. The molecule has 1 aliphatic rings. The van der Waals surface area contributed by atoms with Gasteiger partial charge in [0.25, 0.3) is 5.19 Å². The first-order valence-electron chi connectivity index (χ1n) is 6.58. The minimum Gasteiger partial charge on any atom is -0.470 e. The van der Waals surface area contributed by atoms with Crippen LogP contribution in [0.2, 0.25) is 5.15 Å². The summed E-state index contributed by atoms with van der Waals surface area (Å²) in [5, 5.41) is 0.613. The van der Waals surface area contributed by atoms with E-state index in [4.69, 9.17) is 16.3 Å². The van der Waals surface area contributed by atoms with Crippen LogP contribution in [0.25, 0.3) is 0 Å². The van der Waals surface area contributed by atoms with Crippen LogP contribution in [0.15, 0.2) is 0 Å². The lowest BCUT2D eigenvalue weighted by Gasteiger charge is -2.13. The van der Waals surface area contributed by atoms with Crippen molar-refractivity contribution in [2.45, 2.75) is 38.5 Å². The number of nitrogens with zero attached hydrogens (tertiary/aromatic N) is 1. The van der Waals surface area contributed by atoms with Crippen LogP contribution < -0.4 is 4.74 Å². The highest BCUT2D eigenvalue weighted by molar-refractivity contribution is 7.15. The number of carbonyl (C=O) groups is 1. The molecule has 0 atom stereocenters. The number of ether oxygens (including phenoxy) is 2.